The summed E-state index contributed by atoms with van der Waals surface area (Å²) < 4.78 is 5.52. The van der Waals surface area contributed by atoms with E-state index in [0.29, 0.717) is 13.0 Å². The number of nitrogens with one attached hydrogen (secondary N) is 2. The number of thiazole rings is 1. The lowest BCUT2D eigenvalue weighted by Crippen LogP contribution is -2.37. The molecule has 2 rings (SSSR count). The van der Waals surface area contributed by atoms with Gasteiger partial charge in [-0.15, -0.1) is 36.2 Å². The quantitative estimate of drug-likeness (QED) is 0.825. The minimum Gasteiger partial charge on any atom is -0.459 e. The van der Waals surface area contributed by atoms with Gasteiger partial charge >= 0.3 is 0 Å². The van der Waals surface area contributed by atoms with Crippen LogP contribution in [0, 0.1) is 6.92 Å². The second kappa shape index (κ2) is 9.84. The molecule has 0 fully saturated rings. The molecule has 124 valence electrons. The maximum atomic E-state index is 11.8. The molecular formula is C14H21Cl2N3O2S. The van der Waals surface area contributed by atoms with E-state index in [9.17, 15) is 4.79 Å². The molecule has 1 atom stereocenters. The van der Waals surface area contributed by atoms with Crippen molar-refractivity contribution in [1.82, 2.24) is 15.6 Å². The predicted octanol–water partition coefficient (Wildman–Crippen LogP) is 2.82. The van der Waals surface area contributed by atoms with Crippen LogP contribution in [0.25, 0.3) is 10.8 Å². The molecule has 8 heteroatoms. The first-order valence-corrected chi connectivity index (χ1v) is 7.41. The Morgan fingerprint density at radius 2 is 2.14 bits per heavy atom. The zero-order chi connectivity index (χ0) is 14.5. The number of rotatable bonds is 6. The summed E-state index contributed by atoms with van der Waals surface area (Å²) in [6, 6.07) is 4.06. The highest BCUT2D eigenvalue weighted by Gasteiger charge is 2.11. The summed E-state index contributed by atoms with van der Waals surface area (Å²) in [5, 5.41) is 8.65. The average molecular weight is 366 g/mol. The molecule has 0 radical (unpaired) electrons. The highest BCUT2D eigenvalue weighted by molar-refractivity contribution is 7.13. The number of furan rings is 1. The summed E-state index contributed by atoms with van der Waals surface area (Å²) in [5.74, 6) is 1.60. The van der Waals surface area contributed by atoms with Crippen LogP contribution >= 0.6 is 36.2 Å². The number of carbonyl (C=O) groups excluding carboxylic acids is 1. The fourth-order valence-electron chi connectivity index (χ4n) is 1.65. The number of aryl methyl sites for hydroxylation is 1. The Balaban J connectivity index is 0.00000220. The zero-order valence-electron chi connectivity index (χ0n) is 12.7. The SMILES string of the molecule is CNC(C)CNC(=O)Cc1csc(-c2ccc(C)o2)n1.Cl.Cl. The Morgan fingerprint density at radius 1 is 1.41 bits per heavy atom. The zero-order valence-corrected chi connectivity index (χ0v) is 15.2. The third-order valence-electron chi connectivity index (χ3n) is 2.94. The molecular weight excluding hydrogens is 345 g/mol. The van der Waals surface area contributed by atoms with E-state index in [2.05, 4.69) is 15.6 Å². The van der Waals surface area contributed by atoms with Crippen LogP contribution in [0.5, 0.6) is 0 Å². The summed E-state index contributed by atoms with van der Waals surface area (Å²) >= 11 is 1.49. The van der Waals surface area contributed by atoms with Crippen molar-refractivity contribution >= 4 is 42.1 Å². The van der Waals surface area contributed by atoms with Gasteiger partial charge in [0.2, 0.25) is 5.91 Å². The van der Waals surface area contributed by atoms with Gasteiger partial charge in [-0.3, -0.25) is 4.79 Å². The second-order valence-electron chi connectivity index (χ2n) is 4.72. The molecule has 0 saturated heterocycles. The Bertz CT molecular complexity index is 586. The van der Waals surface area contributed by atoms with Crippen molar-refractivity contribution in [3.8, 4) is 10.8 Å². The monoisotopic (exact) mass is 365 g/mol. The van der Waals surface area contributed by atoms with E-state index in [-0.39, 0.29) is 36.8 Å². The number of likely N-dealkylation sites (N-methyl/N-ethyl adjacent to an activating group) is 1. The van der Waals surface area contributed by atoms with Crippen molar-refractivity contribution in [2.24, 2.45) is 0 Å². The number of halogens is 2. The molecule has 1 unspecified atom stereocenters. The average Bonchev–Trinajstić information content (AvgIpc) is 3.05. The molecule has 5 nitrogen and oxygen atoms in total. The van der Waals surface area contributed by atoms with Crippen LogP contribution in [-0.2, 0) is 11.2 Å². The first kappa shape index (κ1) is 20.9. The maximum absolute atomic E-state index is 11.8. The summed E-state index contributed by atoms with van der Waals surface area (Å²) in [5.41, 5.74) is 0.772. The Hall–Kier alpha value is -1.08. The number of amides is 1. The van der Waals surface area contributed by atoms with Gasteiger partial charge < -0.3 is 15.1 Å². The molecule has 2 heterocycles. The summed E-state index contributed by atoms with van der Waals surface area (Å²) in [4.78, 5) is 16.2. The number of hydrogen-bond donors (Lipinski definition) is 2. The predicted molar refractivity (Wildman–Crippen MR) is 94.3 cm³/mol. The molecule has 22 heavy (non-hydrogen) atoms. The lowest BCUT2D eigenvalue weighted by molar-refractivity contribution is -0.120. The molecule has 1 amide bonds. The molecule has 0 aliphatic carbocycles. The Labute approximate surface area is 146 Å². The second-order valence-corrected chi connectivity index (χ2v) is 5.58. The van der Waals surface area contributed by atoms with Crippen LogP contribution in [0.2, 0.25) is 0 Å². The standard InChI is InChI=1S/C14H19N3O2S.2ClH/c1-9(15-3)7-16-13(18)6-11-8-20-14(17-11)12-5-4-10(2)19-12;;/h4-5,8-9,15H,6-7H2,1-3H3,(H,16,18);2*1H. The first-order valence-electron chi connectivity index (χ1n) is 6.53. The van der Waals surface area contributed by atoms with Crippen LogP contribution in [0.1, 0.15) is 18.4 Å². The van der Waals surface area contributed by atoms with Gasteiger partial charge in [0.25, 0.3) is 0 Å². The fraction of sp³-hybridized carbons (Fsp3) is 0.429. The normalized spacial score (nSPS) is 11.2. The highest BCUT2D eigenvalue weighted by Crippen LogP contribution is 2.25. The van der Waals surface area contributed by atoms with Gasteiger partial charge in [-0.05, 0) is 33.0 Å². The first-order chi connectivity index (χ1) is 9.58. The molecule has 2 aromatic heterocycles. The topological polar surface area (TPSA) is 67.2 Å². The van der Waals surface area contributed by atoms with Crippen molar-refractivity contribution in [2.45, 2.75) is 26.3 Å². The van der Waals surface area contributed by atoms with Crippen molar-refractivity contribution < 1.29 is 9.21 Å². The van der Waals surface area contributed by atoms with Gasteiger partial charge in [0.05, 0.1) is 12.1 Å². The fourth-order valence-corrected chi connectivity index (χ4v) is 2.43. The third kappa shape index (κ3) is 5.96. The molecule has 0 spiro atoms. The van der Waals surface area contributed by atoms with Gasteiger partial charge in [-0.2, -0.15) is 0 Å². The van der Waals surface area contributed by atoms with Gasteiger partial charge in [0.1, 0.15) is 5.76 Å². The Kier molecular flexibility index (Phi) is 9.36. The van der Waals surface area contributed by atoms with Crippen molar-refractivity contribution in [3.63, 3.8) is 0 Å². The van der Waals surface area contributed by atoms with Crippen LogP contribution in [-0.4, -0.2) is 30.5 Å². The van der Waals surface area contributed by atoms with Crippen LogP contribution in [0.4, 0.5) is 0 Å². The van der Waals surface area contributed by atoms with Gasteiger partial charge in [0.15, 0.2) is 10.8 Å². The number of nitrogens with zero attached hydrogens (tertiary/aromatic N) is 1. The van der Waals surface area contributed by atoms with E-state index in [0.717, 1.165) is 22.2 Å². The van der Waals surface area contributed by atoms with Crippen LogP contribution in [0.3, 0.4) is 0 Å². The van der Waals surface area contributed by atoms with Crippen molar-refractivity contribution in [1.29, 1.82) is 0 Å². The smallest absolute Gasteiger partial charge is 0.226 e. The van der Waals surface area contributed by atoms with Crippen molar-refractivity contribution in [2.75, 3.05) is 13.6 Å². The van der Waals surface area contributed by atoms with Crippen LogP contribution < -0.4 is 10.6 Å². The van der Waals surface area contributed by atoms with E-state index < -0.39 is 0 Å². The van der Waals surface area contributed by atoms with E-state index >= 15 is 0 Å². The largest absolute Gasteiger partial charge is 0.459 e. The molecule has 0 bridgehead atoms. The molecule has 0 aliphatic heterocycles. The number of hydrogen-bond acceptors (Lipinski definition) is 5. The van der Waals surface area contributed by atoms with E-state index in [1.165, 1.54) is 11.3 Å². The minimum absolute atomic E-state index is 0. The van der Waals surface area contributed by atoms with E-state index in [1.807, 2.05) is 38.4 Å². The minimum atomic E-state index is -0.0143. The summed E-state index contributed by atoms with van der Waals surface area (Å²) in [7, 11) is 1.87. The lowest BCUT2D eigenvalue weighted by Gasteiger charge is -2.10. The van der Waals surface area contributed by atoms with Crippen molar-refractivity contribution in [3.05, 3.63) is 29.0 Å². The summed E-state index contributed by atoms with van der Waals surface area (Å²) in [6.07, 6.45) is 0.298. The molecule has 0 aromatic carbocycles. The molecule has 0 aliphatic rings. The third-order valence-corrected chi connectivity index (χ3v) is 3.85. The molecule has 0 saturated carbocycles. The van der Waals surface area contributed by atoms with E-state index in [1.54, 1.807) is 0 Å². The van der Waals surface area contributed by atoms with Crippen LogP contribution in [0.15, 0.2) is 21.9 Å². The molecule has 2 aromatic rings. The Morgan fingerprint density at radius 3 is 2.73 bits per heavy atom. The van der Waals surface area contributed by atoms with Gasteiger partial charge in [0, 0.05) is 18.0 Å². The van der Waals surface area contributed by atoms with Gasteiger partial charge in [-0.25, -0.2) is 4.98 Å². The maximum Gasteiger partial charge on any atom is 0.226 e. The van der Waals surface area contributed by atoms with Gasteiger partial charge in [-0.1, -0.05) is 0 Å². The number of aromatic nitrogens is 1. The number of carbonyl (C=O) groups is 1. The van der Waals surface area contributed by atoms with E-state index in [4.69, 9.17) is 4.42 Å². The summed E-state index contributed by atoms with van der Waals surface area (Å²) in [6.45, 7) is 4.53. The molecule has 2 N–H and O–H groups in total. The highest BCUT2D eigenvalue weighted by atomic mass is 35.5. The lowest BCUT2D eigenvalue weighted by atomic mass is 10.3.